The summed E-state index contributed by atoms with van der Waals surface area (Å²) < 4.78 is 1.81. The standard InChI is InChI=1S/C16H20N6O/c23-9-8-22-7-4-14(20-22)12-2-1-6-21(10-12)16-13-3-5-17-15(13)18-11-19-16/h3-5,7,11-12,23H,1-2,6,8-10H2,(H,17,18,19)/t12-/m0/s1. The fourth-order valence-corrected chi connectivity index (χ4v) is 3.34. The minimum atomic E-state index is 0.115. The highest BCUT2D eigenvalue weighted by molar-refractivity contribution is 5.87. The van der Waals surface area contributed by atoms with Crippen molar-refractivity contribution in [3.63, 3.8) is 0 Å². The zero-order valence-corrected chi connectivity index (χ0v) is 12.9. The number of hydrogen-bond acceptors (Lipinski definition) is 5. The second-order valence-electron chi connectivity index (χ2n) is 5.95. The van der Waals surface area contributed by atoms with E-state index in [0.29, 0.717) is 12.5 Å². The summed E-state index contributed by atoms with van der Waals surface area (Å²) in [6, 6.07) is 4.10. The third kappa shape index (κ3) is 2.68. The minimum absolute atomic E-state index is 0.115. The topological polar surface area (TPSA) is 82.9 Å². The molecule has 0 amide bonds. The maximum atomic E-state index is 9.02. The number of aliphatic hydroxyl groups is 1. The van der Waals surface area contributed by atoms with Crippen LogP contribution in [0, 0.1) is 0 Å². The molecule has 7 nitrogen and oxygen atoms in total. The Bertz CT molecular complexity index is 795. The lowest BCUT2D eigenvalue weighted by Crippen LogP contribution is -2.35. The van der Waals surface area contributed by atoms with E-state index in [1.807, 2.05) is 23.1 Å². The van der Waals surface area contributed by atoms with Crippen molar-refractivity contribution in [3.05, 3.63) is 36.5 Å². The van der Waals surface area contributed by atoms with E-state index in [2.05, 4.69) is 31.0 Å². The second-order valence-corrected chi connectivity index (χ2v) is 5.95. The molecule has 3 aromatic rings. The van der Waals surface area contributed by atoms with E-state index in [4.69, 9.17) is 5.11 Å². The summed E-state index contributed by atoms with van der Waals surface area (Å²) in [7, 11) is 0. The Morgan fingerprint density at radius 2 is 2.26 bits per heavy atom. The van der Waals surface area contributed by atoms with Gasteiger partial charge >= 0.3 is 0 Å². The molecule has 0 unspecified atom stereocenters. The first-order chi connectivity index (χ1) is 11.3. The van der Waals surface area contributed by atoms with Crippen LogP contribution in [0.2, 0.25) is 0 Å². The molecular weight excluding hydrogens is 292 g/mol. The van der Waals surface area contributed by atoms with Gasteiger partial charge in [-0.15, -0.1) is 0 Å². The predicted molar refractivity (Wildman–Crippen MR) is 87.4 cm³/mol. The second kappa shape index (κ2) is 6.00. The monoisotopic (exact) mass is 312 g/mol. The lowest BCUT2D eigenvalue weighted by molar-refractivity contribution is 0.268. The van der Waals surface area contributed by atoms with Gasteiger partial charge < -0.3 is 15.0 Å². The number of hydrogen-bond donors (Lipinski definition) is 2. The number of aliphatic hydroxyl groups excluding tert-OH is 1. The number of nitrogens with one attached hydrogen (secondary N) is 1. The third-order valence-electron chi connectivity index (χ3n) is 4.46. The first kappa shape index (κ1) is 14.2. The van der Waals surface area contributed by atoms with Crippen LogP contribution in [0.25, 0.3) is 11.0 Å². The Morgan fingerprint density at radius 1 is 1.30 bits per heavy atom. The summed E-state index contributed by atoms with van der Waals surface area (Å²) in [5.74, 6) is 1.39. The van der Waals surface area contributed by atoms with E-state index in [-0.39, 0.29) is 6.61 Å². The van der Waals surface area contributed by atoms with Gasteiger partial charge in [-0.2, -0.15) is 5.10 Å². The van der Waals surface area contributed by atoms with Gasteiger partial charge in [-0.3, -0.25) is 4.68 Å². The normalized spacial score (nSPS) is 18.7. The quantitative estimate of drug-likeness (QED) is 0.763. The molecule has 0 radical (unpaired) electrons. The molecule has 1 aliphatic rings. The van der Waals surface area contributed by atoms with E-state index in [1.54, 1.807) is 6.33 Å². The maximum Gasteiger partial charge on any atom is 0.142 e. The van der Waals surface area contributed by atoms with Crippen molar-refractivity contribution in [3.8, 4) is 0 Å². The van der Waals surface area contributed by atoms with Gasteiger partial charge in [0.25, 0.3) is 0 Å². The molecule has 0 bridgehead atoms. The Labute approximate surface area is 134 Å². The summed E-state index contributed by atoms with van der Waals surface area (Å²) in [6.07, 6.45) is 7.72. The van der Waals surface area contributed by atoms with Gasteiger partial charge in [0.2, 0.25) is 0 Å². The summed E-state index contributed by atoms with van der Waals surface area (Å²) in [4.78, 5) is 14.2. The minimum Gasteiger partial charge on any atom is -0.394 e. The molecule has 23 heavy (non-hydrogen) atoms. The Morgan fingerprint density at radius 3 is 3.17 bits per heavy atom. The van der Waals surface area contributed by atoms with E-state index < -0.39 is 0 Å². The van der Waals surface area contributed by atoms with E-state index in [0.717, 1.165) is 48.5 Å². The van der Waals surface area contributed by atoms with Crippen molar-refractivity contribution < 1.29 is 5.11 Å². The molecule has 1 saturated heterocycles. The van der Waals surface area contributed by atoms with Gasteiger partial charge in [0.15, 0.2) is 0 Å². The van der Waals surface area contributed by atoms with Crippen molar-refractivity contribution in [2.45, 2.75) is 25.3 Å². The van der Waals surface area contributed by atoms with Gasteiger partial charge in [0, 0.05) is 31.4 Å². The zero-order valence-electron chi connectivity index (χ0n) is 12.9. The fraction of sp³-hybridized carbons (Fsp3) is 0.438. The molecule has 7 heteroatoms. The van der Waals surface area contributed by atoms with Crippen LogP contribution in [0.5, 0.6) is 0 Å². The molecule has 0 saturated carbocycles. The SMILES string of the molecule is OCCn1ccc([C@H]2CCCN(c3ncnc4[nH]ccc34)C2)n1. The van der Waals surface area contributed by atoms with Gasteiger partial charge in [-0.1, -0.05) is 0 Å². The number of H-pyrrole nitrogens is 1. The molecule has 0 spiro atoms. The number of anilines is 1. The summed E-state index contributed by atoms with van der Waals surface area (Å²) >= 11 is 0. The van der Waals surface area contributed by atoms with Gasteiger partial charge in [-0.25, -0.2) is 9.97 Å². The van der Waals surface area contributed by atoms with E-state index in [9.17, 15) is 0 Å². The highest BCUT2D eigenvalue weighted by atomic mass is 16.3. The zero-order chi connectivity index (χ0) is 15.6. The van der Waals surface area contributed by atoms with Crippen LogP contribution in [0.1, 0.15) is 24.5 Å². The van der Waals surface area contributed by atoms with Gasteiger partial charge in [-0.05, 0) is 25.0 Å². The molecule has 1 aliphatic heterocycles. The van der Waals surface area contributed by atoms with Crippen molar-refractivity contribution in [2.75, 3.05) is 24.6 Å². The summed E-state index contributed by atoms with van der Waals surface area (Å²) in [5.41, 5.74) is 1.98. The number of piperidine rings is 1. The molecule has 120 valence electrons. The fourth-order valence-electron chi connectivity index (χ4n) is 3.34. The van der Waals surface area contributed by atoms with Crippen LogP contribution >= 0.6 is 0 Å². The van der Waals surface area contributed by atoms with Crippen molar-refractivity contribution in [1.82, 2.24) is 24.7 Å². The van der Waals surface area contributed by atoms with E-state index >= 15 is 0 Å². The number of rotatable bonds is 4. The molecule has 1 atom stereocenters. The van der Waals surface area contributed by atoms with Gasteiger partial charge in [0.1, 0.15) is 17.8 Å². The molecule has 2 N–H and O–H groups in total. The average molecular weight is 312 g/mol. The largest absolute Gasteiger partial charge is 0.394 e. The molecule has 3 aromatic heterocycles. The van der Waals surface area contributed by atoms with Crippen LogP contribution in [-0.2, 0) is 6.54 Å². The summed E-state index contributed by atoms with van der Waals surface area (Å²) in [5, 5.41) is 14.7. The number of fused-ring (bicyclic) bond motifs is 1. The third-order valence-corrected chi connectivity index (χ3v) is 4.46. The lowest BCUT2D eigenvalue weighted by atomic mass is 9.95. The number of nitrogens with zero attached hydrogens (tertiary/aromatic N) is 5. The Balaban J connectivity index is 1.58. The molecule has 0 aromatic carbocycles. The highest BCUT2D eigenvalue weighted by Crippen LogP contribution is 2.31. The smallest absolute Gasteiger partial charge is 0.142 e. The van der Waals surface area contributed by atoms with Crippen LogP contribution < -0.4 is 4.90 Å². The van der Waals surface area contributed by atoms with Gasteiger partial charge in [0.05, 0.1) is 24.2 Å². The molecule has 4 rings (SSSR count). The number of aromatic nitrogens is 5. The van der Waals surface area contributed by atoms with Crippen LogP contribution in [-0.4, -0.2) is 49.5 Å². The molecule has 0 aliphatic carbocycles. The van der Waals surface area contributed by atoms with Crippen molar-refractivity contribution >= 4 is 16.9 Å². The highest BCUT2D eigenvalue weighted by Gasteiger charge is 2.25. The lowest BCUT2D eigenvalue weighted by Gasteiger charge is -2.33. The Hall–Kier alpha value is -2.41. The van der Waals surface area contributed by atoms with Crippen LogP contribution in [0.3, 0.4) is 0 Å². The average Bonchev–Trinajstić information content (AvgIpc) is 3.24. The van der Waals surface area contributed by atoms with Crippen molar-refractivity contribution in [1.29, 1.82) is 0 Å². The first-order valence-electron chi connectivity index (χ1n) is 8.02. The maximum absolute atomic E-state index is 9.02. The first-order valence-corrected chi connectivity index (χ1v) is 8.02. The molecular formula is C16H20N6O. The molecule has 1 fully saturated rings. The predicted octanol–water partition coefficient (Wildman–Crippen LogP) is 1.53. The van der Waals surface area contributed by atoms with Crippen molar-refractivity contribution in [2.24, 2.45) is 0 Å². The van der Waals surface area contributed by atoms with Crippen LogP contribution in [0.15, 0.2) is 30.9 Å². The molecule has 4 heterocycles. The summed E-state index contributed by atoms with van der Waals surface area (Å²) in [6.45, 7) is 2.58. The van der Waals surface area contributed by atoms with Crippen LogP contribution in [0.4, 0.5) is 5.82 Å². The number of aromatic amines is 1. The van der Waals surface area contributed by atoms with E-state index in [1.165, 1.54) is 0 Å². The Kier molecular flexibility index (Phi) is 3.70.